The monoisotopic (exact) mass is 344 g/mol. The van der Waals surface area contributed by atoms with Crippen LogP contribution < -0.4 is 9.47 Å². The Morgan fingerprint density at radius 2 is 2.04 bits per heavy atom. The molecular weight excluding hydrogens is 332 g/mol. The summed E-state index contributed by atoms with van der Waals surface area (Å²) in [4.78, 5) is 10.8. The third kappa shape index (κ3) is 3.55. The standard InChI is InChI=1S/C17H13ClN2O4/c1-22-15-7-11(9-21)5-6-14(15)23-10-16-19-20-17(24-16)12-3-2-4-13(18)8-12/h2-9H,10H2,1H3. The molecule has 24 heavy (non-hydrogen) atoms. The summed E-state index contributed by atoms with van der Waals surface area (Å²) >= 11 is 5.95. The molecule has 3 aromatic rings. The minimum absolute atomic E-state index is 0.0738. The van der Waals surface area contributed by atoms with E-state index in [9.17, 15) is 4.79 Å². The van der Waals surface area contributed by atoms with Gasteiger partial charge in [-0.2, -0.15) is 0 Å². The first-order valence-corrected chi connectivity index (χ1v) is 7.41. The van der Waals surface area contributed by atoms with Crippen LogP contribution in [-0.2, 0) is 6.61 Å². The lowest BCUT2D eigenvalue weighted by Crippen LogP contribution is -1.98. The molecule has 6 nitrogen and oxygen atoms in total. The van der Waals surface area contributed by atoms with E-state index in [0.717, 1.165) is 11.8 Å². The molecule has 0 atom stereocenters. The van der Waals surface area contributed by atoms with E-state index in [1.807, 2.05) is 6.07 Å². The Morgan fingerprint density at radius 3 is 2.79 bits per heavy atom. The molecule has 0 fully saturated rings. The van der Waals surface area contributed by atoms with Crippen LogP contribution in [0.4, 0.5) is 0 Å². The highest BCUT2D eigenvalue weighted by Gasteiger charge is 2.11. The summed E-state index contributed by atoms with van der Waals surface area (Å²) in [5.41, 5.74) is 1.23. The predicted molar refractivity (Wildman–Crippen MR) is 87.5 cm³/mol. The van der Waals surface area contributed by atoms with E-state index in [1.165, 1.54) is 7.11 Å². The van der Waals surface area contributed by atoms with Crippen molar-refractivity contribution in [3.63, 3.8) is 0 Å². The van der Waals surface area contributed by atoms with Crippen LogP contribution in [0.1, 0.15) is 16.2 Å². The second-order valence-electron chi connectivity index (χ2n) is 4.83. The van der Waals surface area contributed by atoms with Gasteiger partial charge >= 0.3 is 0 Å². The molecule has 0 aliphatic rings. The summed E-state index contributed by atoms with van der Waals surface area (Å²) in [6.07, 6.45) is 0.738. The highest BCUT2D eigenvalue weighted by molar-refractivity contribution is 6.30. The van der Waals surface area contributed by atoms with Gasteiger partial charge in [0, 0.05) is 16.1 Å². The van der Waals surface area contributed by atoms with Crippen molar-refractivity contribution in [2.24, 2.45) is 0 Å². The zero-order valence-electron chi connectivity index (χ0n) is 12.7. The van der Waals surface area contributed by atoms with E-state index in [-0.39, 0.29) is 6.61 Å². The Bertz CT molecular complexity index is 863. The number of aromatic nitrogens is 2. The van der Waals surface area contributed by atoms with Crippen molar-refractivity contribution in [3.8, 4) is 23.0 Å². The van der Waals surface area contributed by atoms with Gasteiger partial charge in [-0.1, -0.05) is 17.7 Å². The molecular formula is C17H13ClN2O4. The molecule has 7 heteroatoms. The number of carbonyl (C=O) groups excluding carboxylic acids is 1. The molecule has 0 radical (unpaired) electrons. The number of carbonyl (C=O) groups is 1. The molecule has 0 saturated carbocycles. The van der Waals surface area contributed by atoms with Gasteiger partial charge in [0.15, 0.2) is 18.1 Å². The molecule has 0 aliphatic heterocycles. The van der Waals surface area contributed by atoms with Gasteiger partial charge in [0.1, 0.15) is 6.29 Å². The van der Waals surface area contributed by atoms with Gasteiger partial charge in [-0.3, -0.25) is 4.79 Å². The lowest BCUT2D eigenvalue weighted by atomic mass is 10.2. The van der Waals surface area contributed by atoms with E-state index in [1.54, 1.807) is 36.4 Å². The minimum Gasteiger partial charge on any atom is -0.493 e. The zero-order chi connectivity index (χ0) is 16.9. The fourth-order valence-electron chi connectivity index (χ4n) is 2.07. The molecule has 0 unspecified atom stereocenters. The molecule has 0 aliphatic carbocycles. The third-order valence-corrected chi connectivity index (χ3v) is 3.45. The number of nitrogens with zero attached hydrogens (tertiary/aromatic N) is 2. The molecule has 0 N–H and O–H groups in total. The summed E-state index contributed by atoms with van der Waals surface area (Å²) in [5, 5.41) is 8.51. The second-order valence-corrected chi connectivity index (χ2v) is 5.26. The van der Waals surface area contributed by atoms with Crippen LogP contribution in [0.15, 0.2) is 46.9 Å². The Hall–Kier alpha value is -2.86. The Labute approximate surface area is 143 Å². The third-order valence-electron chi connectivity index (χ3n) is 3.21. The van der Waals surface area contributed by atoms with Crippen LogP contribution in [0.25, 0.3) is 11.5 Å². The summed E-state index contributed by atoms with van der Waals surface area (Å²) in [6, 6.07) is 12.0. The number of rotatable bonds is 6. The molecule has 3 rings (SSSR count). The highest BCUT2D eigenvalue weighted by Crippen LogP contribution is 2.28. The van der Waals surface area contributed by atoms with E-state index in [2.05, 4.69) is 10.2 Å². The number of benzene rings is 2. The van der Waals surface area contributed by atoms with E-state index < -0.39 is 0 Å². The van der Waals surface area contributed by atoms with Crippen molar-refractivity contribution < 1.29 is 18.7 Å². The first kappa shape index (κ1) is 16.0. The quantitative estimate of drug-likeness (QED) is 0.633. The number of hydrogen-bond donors (Lipinski definition) is 0. The molecule has 2 aromatic carbocycles. The van der Waals surface area contributed by atoms with Crippen LogP contribution in [0.5, 0.6) is 11.5 Å². The van der Waals surface area contributed by atoms with Crippen LogP contribution in [0, 0.1) is 0 Å². The Morgan fingerprint density at radius 1 is 1.17 bits per heavy atom. The molecule has 0 spiro atoms. The number of ether oxygens (including phenoxy) is 2. The maximum atomic E-state index is 10.8. The molecule has 1 heterocycles. The van der Waals surface area contributed by atoms with E-state index >= 15 is 0 Å². The summed E-state index contributed by atoms with van der Waals surface area (Å²) in [6.45, 7) is 0.0738. The second kappa shape index (κ2) is 7.14. The smallest absolute Gasteiger partial charge is 0.254 e. The Kier molecular flexibility index (Phi) is 4.77. The molecule has 0 saturated heterocycles. The molecule has 0 bridgehead atoms. The van der Waals surface area contributed by atoms with Gasteiger partial charge in [0.25, 0.3) is 5.89 Å². The van der Waals surface area contributed by atoms with Gasteiger partial charge < -0.3 is 13.9 Å². The fourth-order valence-corrected chi connectivity index (χ4v) is 2.26. The highest BCUT2D eigenvalue weighted by atomic mass is 35.5. The van der Waals surface area contributed by atoms with E-state index in [4.69, 9.17) is 25.5 Å². The van der Waals surface area contributed by atoms with Crippen molar-refractivity contribution in [2.45, 2.75) is 6.61 Å². The SMILES string of the molecule is COc1cc(C=O)ccc1OCc1nnc(-c2cccc(Cl)c2)o1. The number of halogens is 1. The largest absolute Gasteiger partial charge is 0.493 e. The molecule has 122 valence electrons. The lowest BCUT2D eigenvalue weighted by Gasteiger charge is -2.09. The topological polar surface area (TPSA) is 74.5 Å². The fraction of sp³-hybridized carbons (Fsp3) is 0.118. The maximum Gasteiger partial charge on any atom is 0.254 e. The van der Waals surface area contributed by atoms with Gasteiger partial charge in [-0.25, -0.2) is 0 Å². The first-order valence-electron chi connectivity index (χ1n) is 7.04. The first-order chi connectivity index (χ1) is 11.7. The maximum absolute atomic E-state index is 10.8. The average molecular weight is 345 g/mol. The van der Waals surface area contributed by atoms with Gasteiger partial charge in [0.2, 0.25) is 5.89 Å². The van der Waals surface area contributed by atoms with Gasteiger partial charge in [0.05, 0.1) is 7.11 Å². The number of aldehydes is 1. The number of methoxy groups -OCH3 is 1. The Balaban J connectivity index is 1.73. The minimum atomic E-state index is 0.0738. The van der Waals surface area contributed by atoms with E-state index in [0.29, 0.717) is 33.9 Å². The van der Waals surface area contributed by atoms with Crippen LogP contribution in [-0.4, -0.2) is 23.6 Å². The van der Waals surface area contributed by atoms with Gasteiger partial charge in [-0.15, -0.1) is 10.2 Å². The predicted octanol–water partition coefficient (Wildman–Crippen LogP) is 3.79. The summed E-state index contributed by atoms with van der Waals surface area (Å²) < 4.78 is 16.4. The van der Waals surface area contributed by atoms with Crippen LogP contribution in [0.2, 0.25) is 5.02 Å². The molecule has 0 amide bonds. The molecule has 1 aromatic heterocycles. The van der Waals surface area contributed by atoms with Crippen molar-refractivity contribution in [1.82, 2.24) is 10.2 Å². The van der Waals surface area contributed by atoms with Gasteiger partial charge in [-0.05, 0) is 36.4 Å². The number of hydrogen-bond acceptors (Lipinski definition) is 6. The van der Waals surface area contributed by atoms with Crippen molar-refractivity contribution in [1.29, 1.82) is 0 Å². The van der Waals surface area contributed by atoms with Crippen LogP contribution in [0.3, 0.4) is 0 Å². The normalized spacial score (nSPS) is 10.4. The average Bonchev–Trinajstić information content (AvgIpc) is 3.09. The van der Waals surface area contributed by atoms with Crippen molar-refractivity contribution in [3.05, 3.63) is 58.9 Å². The van der Waals surface area contributed by atoms with Crippen molar-refractivity contribution in [2.75, 3.05) is 7.11 Å². The lowest BCUT2D eigenvalue weighted by molar-refractivity contribution is 0.112. The van der Waals surface area contributed by atoms with Crippen LogP contribution >= 0.6 is 11.6 Å². The zero-order valence-corrected chi connectivity index (χ0v) is 13.5. The summed E-state index contributed by atoms with van der Waals surface area (Å²) in [7, 11) is 1.50. The van der Waals surface area contributed by atoms with Crippen molar-refractivity contribution >= 4 is 17.9 Å². The summed E-state index contributed by atoms with van der Waals surface area (Å²) in [5.74, 6) is 1.60.